The number of anilines is 1. The number of hydrogen-bond donors (Lipinski definition) is 2. The van der Waals surface area contributed by atoms with Crippen molar-refractivity contribution in [2.45, 2.75) is 45.2 Å². The number of amides is 1. The Balaban J connectivity index is 1.73. The summed E-state index contributed by atoms with van der Waals surface area (Å²) in [4.78, 5) is 26.4. The van der Waals surface area contributed by atoms with Gasteiger partial charge >= 0.3 is 6.18 Å². The second-order valence-electron chi connectivity index (χ2n) is 8.30. The van der Waals surface area contributed by atoms with Crippen LogP contribution in [-0.4, -0.2) is 18.3 Å². The molecule has 0 fully saturated rings. The topological polar surface area (TPSA) is 67.4 Å². The zero-order valence-corrected chi connectivity index (χ0v) is 18.9. The molecule has 0 saturated heterocycles. The minimum absolute atomic E-state index is 0.0281. The highest BCUT2D eigenvalue weighted by atomic mass is 19.4. The van der Waals surface area contributed by atoms with Gasteiger partial charge in [-0.05, 0) is 62.6 Å². The van der Waals surface area contributed by atoms with Crippen LogP contribution in [0.5, 0.6) is 5.75 Å². The van der Waals surface area contributed by atoms with Crippen molar-refractivity contribution >= 4 is 17.4 Å². The number of dihydropyridines is 1. The number of alkyl halides is 3. The average Bonchev–Trinajstić information content (AvgIpc) is 2.78. The molecule has 1 heterocycles. The SMILES string of the molecule is CCOc1ccc([C@H]2C(C(=O)Nc3cccc(C(F)(F)F)c3)=C(C)NC3=C2C(=O)CCC3)cc1. The first kappa shape index (κ1) is 23.6. The molecule has 5 nitrogen and oxygen atoms in total. The second kappa shape index (κ2) is 9.37. The van der Waals surface area contributed by atoms with Crippen LogP contribution in [0.1, 0.15) is 50.2 Å². The molecule has 1 aliphatic carbocycles. The van der Waals surface area contributed by atoms with Crippen molar-refractivity contribution in [3.8, 4) is 5.75 Å². The Kier molecular flexibility index (Phi) is 6.50. The lowest BCUT2D eigenvalue weighted by atomic mass is 9.75. The van der Waals surface area contributed by atoms with E-state index in [4.69, 9.17) is 4.74 Å². The van der Waals surface area contributed by atoms with E-state index in [9.17, 15) is 22.8 Å². The lowest BCUT2D eigenvalue weighted by Crippen LogP contribution is -2.35. The third-order valence-corrected chi connectivity index (χ3v) is 5.99. The summed E-state index contributed by atoms with van der Waals surface area (Å²) in [7, 11) is 0. The molecule has 0 unspecified atom stereocenters. The summed E-state index contributed by atoms with van der Waals surface area (Å²) in [6.45, 7) is 4.12. The molecule has 178 valence electrons. The molecule has 0 spiro atoms. The first-order chi connectivity index (χ1) is 16.2. The van der Waals surface area contributed by atoms with Gasteiger partial charge < -0.3 is 15.4 Å². The van der Waals surface area contributed by atoms with Gasteiger partial charge in [-0.15, -0.1) is 0 Å². The van der Waals surface area contributed by atoms with Gasteiger partial charge in [0.15, 0.2) is 5.78 Å². The molecule has 0 bridgehead atoms. The number of ether oxygens (including phenoxy) is 1. The van der Waals surface area contributed by atoms with Crippen LogP contribution in [0.3, 0.4) is 0 Å². The first-order valence-corrected chi connectivity index (χ1v) is 11.1. The molecule has 2 aromatic carbocycles. The molecular formula is C26H25F3N2O3. The van der Waals surface area contributed by atoms with Crippen molar-refractivity contribution in [2.75, 3.05) is 11.9 Å². The van der Waals surface area contributed by atoms with Gasteiger partial charge in [0.1, 0.15) is 5.75 Å². The second-order valence-corrected chi connectivity index (χ2v) is 8.30. The predicted molar refractivity (Wildman–Crippen MR) is 122 cm³/mol. The Hall–Kier alpha value is -3.55. The normalized spacial score (nSPS) is 18.4. The molecule has 0 aromatic heterocycles. The maximum absolute atomic E-state index is 13.4. The Labute approximate surface area is 195 Å². The van der Waals surface area contributed by atoms with Gasteiger partial charge in [0.05, 0.1) is 12.2 Å². The van der Waals surface area contributed by atoms with E-state index in [1.165, 1.54) is 12.1 Å². The molecule has 1 aliphatic heterocycles. The van der Waals surface area contributed by atoms with Gasteiger partial charge in [0.25, 0.3) is 5.91 Å². The standard InChI is InChI=1S/C26H25F3N2O3/c1-3-34-19-12-10-16(11-13-19)23-22(15(2)30-20-8-5-9-21(32)24(20)23)25(33)31-18-7-4-6-17(14-18)26(27,28)29/h4,6-7,10-14,23,30H,3,5,8-9H2,1-2H3,(H,31,33)/t23-/m0/s1. The van der Waals surface area contributed by atoms with E-state index in [0.717, 1.165) is 29.8 Å². The van der Waals surface area contributed by atoms with Crippen molar-refractivity contribution in [1.82, 2.24) is 5.32 Å². The van der Waals surface area contributed by atoms with Crippen molar-refractivity contribution in [2.24, 2.45) is 0 Å². The Morgan fingerprint density at radius 3 is 2.56 bits per heavy atom. The number of carbonyl (C=O) groups excluding carboxylic acids is 2. The van der Waals surface area contributed by atoms with Crippen LogP contribution >= 0.6 is 0 Å². The zero-order chi connectivity index (χ0) is 24.5. The van der Waals surface area contributed by atoms with Crippen molar-refractivity contribution in [3.05, 3.63) is 82.2 Å². The Morgan fingerprint density at radius 1 is 1.15 bits per heavy atom. The summed E-state index contributed by atoms with van der Waals surface area (Å²) in [5, 5.41) is 5.81. The minimum atomic E-state index is -4.53. The number of nitrogens with one attached hydrogen (secondary N) is 2. The molecule has 4 rings (SSSR count). The maximum Gasteiger partial charge on any atom is 0.416 e. The number of allylic oxidation sites excluding steroid dienone is 3. The van der Waals surface area contributed by atoms with E-state index in [1.54, 1.807) is 19.1 Å². The van der Waals surface area contributed by atoms with Gasteiger partial charge in [-0.2, -0.15) is 13.2 Å². The summed E-state index contributed by atoms with van der Waals surface area (Å²) in [6, 6.07) is 11.7. The largest absolute Gasteiger partial charge is 0.494 e. The van der Waals surface area contributed by atoms with E-state index >= 15 is 0 Å². The fraction of sp³-hybridized carbons (Fsp3) is 0.308. The third-order valence-electron chi connectivity index (χ3n) is 5.99. The number of ketones is 1. The van der Waals surface area contributed by atoms with E-state index < -0.39 is 23.6 Å². The summed E-state index contributed by atoms with van der Waals surface area (Å²) in [5.74, 6) is -0.566. The van der Waals surface area contributed by atoms with Crippen LogP contribution < -0.4 is 15.4 Å². The number of rotatable bonds is 5. The zero-order valence-electron chi connectivity index (χ0n) is 18.9. The Morgan fingerprint density at radius 2 is 1.88 bits per heavy atom. The number of Topliss-reactive ketones (excluding diaryl/α,β-unsaturated/α-hetero) is 1. The van der Waals surface area contributed by atoms with Crippen LogP contribution in [0.15, 0.2) is 71.1 Å². The van der Waals surface area contributed by atoms with Gasteiger partial charge in [0.2, 0.25) is 0 Å². The van der Waals surface area contributed by atoms with E-state index in [2.05, 4.69) is 10.6 Å². The van der Waals surface area contributed by atoms with Crippen LogP contribution in [0, 0.1) is 0 Å². The highest BCUT2D eigenvalue weighted by molar-refractivity contribution is 6.09. The molecule has 34 heavy (non-hydrogen) atoms. The van der Waals surface area contributed by atoms with E-state index in [0.29, 0.717) is 42.0 Å². The van der Waals surface area contributed by atoms with Crippen LogP contribution in [0.2, 0.25) is 0 Å². The van der Waals surface area contributed by atoms with Gasteiger partial charge in [0, 0.05) is 40.6 Å². The summed E-state index contributed by atoms with van der Waals surface area (Å²) < 4.78 is 44.9. The molecule has 2 aromatic rings. The molecule has 2 N–H and O–H groups in total. The number of hydrogen-bond acceptors (Lipinski definition) is 4. The molecule has 0 radical (unpaired) electrons. The monoisotopic (exact) mass is 470 g/mol. The molecule has 8 heteroatoms. The average molecular weight is 470 g/mol. The predicted octanol–water partition coefficient (Wildman–Crippen LogP) is 5.71. The van der Waals surface area contributed by atoms with E-state index in [-0.39, 0.29) is 11.5 Å². The van der Waals surface area contributed by atoms with Crippen LogP contribution in [0.4, 0.5) is 18.9 Å². The number of benzene rings is 2. The number of halogens is 3. The maximum atomic E-state index is 13.4. The van der Waals surface area contributed by atoms with E-state index in [1.807, 2.05) is 19.1 Å². The third kappa shape index (κ3) is 4.71. The quantitative estimate of drug-likeness (QED) is 0.587. The van der Waals surface area contributed by atoms with Gasteiger partial charge in [-0.25, -0.2) is 0 Å². The molecule has 1 atom stereocenters. The van der Waals surface area contributed by atoms with Gasteiger partial charge in [-0.3, -0.25) is 9.59 Å². The highest BCUT2D eigenvalue weighted by Crippen LogP contribution is 2.43. The highest BCUT2D eigenvalue weighted by Gasteiger charge is 2.38. The minimum Gasteiger partial charge on any atom is -0.494 e. The van der Waals surface area contributed by atoms with Crippen LogP contribution in [0.25, 0.3) is 0 Å². The summed E-state index contributed by atoms with van der Waals surface area (Å²) in [6.07, 6.45) is -2.73. The smallest absolute Gasteiger partial charge is 0.416 e. The lowest BCUT2D eigenvalue weighted by Gasteiger charge is -2.34. The molecule has 1 amide bonds. The van der Waals surface area contributed by atoms with Gasteiger partial charge in [-0.1, -0.05) is 18.2 Å². The molecular weight excluding hydrogens is 445 g/mol. The summed E-state index contributed by atoms with van der Waals surface area (Å²) in [5.41, 5.74) is 2.11. The van der Waals surface area contributed by atoms with Crippen molar-refractivity contribution in [1.29, 1.82) is 0 Å². The molecule has 0 saturated carbocycles. The van der Waals surface area contributed by atoms with Crippen molar-refractivity contribution < 1.29 is 27.5 Å². The first-order valence-electron chi connectivity index (χ1n) is 11.1. The fourth-order valence-corrected chi connectivity index (χ4v) is 4.51. The fourth-order valence-electron chi connectivity index (χ4n) is 4.51. The lowest BCUT2D eigenvalue weighted by molar-refractivity contribution is -0.137. The summed E-state index contributed by atoms with van der Waals surface area (Å²) >= 11 is 0. The van der Waals surface area contributed by atoms with Crippen molar-refractivity contribution in [3.63, 3.8) is 0 Å². The number of carbonyl (C=O) groups is 2. The van der Waals surface area contributed by atoms with Crippen LogP contribution in [-0.2, 0) is 15.8 Å². The Bertz CT molecular complexity index is 1180. The molecule has 2 aliphatic rings.